The standard InChI is InChI=1S/C26H19F3N6O2/c27-19-2-1-3-20(28)18(19)10-34-15-32-35(24(34)36)16-4-6-17(7-5-16)37-21-8-9-31-23(22(21)29)33-26-11-25(12-26,13-26)14-30/h1-9,15H,10-13H2,(H,31,33). The second-order valence-corrected chi connectivity index (χ2v) is 9.55. The summed E-state index contributed by atoms with van der Waals surface area (Å²) in [5, 5.41) is 16.3. The van der Waals surface area contributed by atoms with Gasteiger partial charge in [-0.15, -0.1) is 0 Å². The van der Waals surface area contributed by atoms with Gasteiger partial charge in [0.1, 0.15) is 23.7 Å². The number of nitriles is 1. The fraction of sp³-hybridized carbons (Fsp3) is 0.231. The van der Waals surface area contributed by atoms with Gasteiger partial charge >= 0.3 is 5.69 Å². The summed E-state index contributed by atoms with van der Waals surface area (Å²) in [6, 6.07) is 13.4. The van der Waals surface area contributed by atoms with Crippen LogP contribution in [0.4, 0.5) is 19.0 Å². The van der Waals surface area contributed by atoms with Crippen molar-refractivity contribution in [2.75, 3.05) is 5.32 Å². The van der Waals surface area contributed by atoms with Gasteiger partial charge in [0.15, 0.2) is 11.6 Å². The Labute approximate surface area is 208 Å². The zero-order chi connectivity index (χ0) is 25.8. The minimum Gasteiger partial charge on any atom is -0.454 e. The molecule has 3 fully saturated rings. The SMILES string of the molecule is N#CC12CC(Nc3nccc(Oc4ccc(-n5ncn(Cc6c(F)cccc6F)c5=O)cc4)c3F)(C1)C2. The third-order valence-corrected chi connectivity index (χ3v) is 6.94. The first-order valence-corrected chi connectivity index (χ1v) is 11.5. The monoisotopic (exact) mass is 504 g/mol. The third kappa shape index (κ3) is 3.81. The smallest absolute Gasteiger partial charge is 0.350 e. The van der Waals surface area contributed by atoms with E-state index in [1.165, 1.54) is 24.7 Å². The Morgan fingerprint density at radius 2 is 1.76 bits per heavy atom. The van der Waals surface area contributed by atoms with E-state index in [9.17, 15) is 18.8 Å². The summed E-state index contributed by atoms with van der Waals surface area (Å²) in [5.41, 5.74) is -0.986. The van der Waals surface area contributed by atoms with Crippen LogP contribution in [0.5, 0.6) is 11.5 Å². The summed E-state index contributed by atoms with van der Waals surface area (Å²) in [6.45, 7) is -0.311. The predicted molar refractivity (Wildman–Crippen MR) is 126 cm³/mol. The molecule has 3 aliphatic rings. The first kappa shape index (κ1) is 22.8. The summed E-state index contributed by atoms with van der Waals surface area (Å²) in [5.74, 6) is -1.78. The Morgan fingerprint density at radius 3 is 2.43 bits per heavy atom. The highest BCUT2D eigenvalue weighted by molar-refractivity contribution is 5.51. The topological polar surface area (TPSA) is 97.8 Å². The quantitative estimate of drug-likeness (QED) is 0.397. The average molecular weight is 504 g/mol. The van der Waals surface area contributed by atoms with E-state index in [1.54, 1.807) is 24.3 Å². The molecule has 0 saturated heterocycles. The lowest BCUT2D eigenvalue weighted by Gasteiger charge is -2.67. The molecule has 2 heterocycles. The molecule has 3 saturated carbocycles. The molecule has 1 N–H and O–H groups in total. The normalized spacial score (nSPS) is 21.5. The van der Waals surface area contributed by atoms with E-state index in [4.69, 9.17) is 4.74 Å². The zero-order valence-electron chi connectivity index (χ0n) is 19.3. The van der Waals surface area contributed by atoms with E-state index in [0.29, 0.717) is 30.7 Å². The van der Waals surface area contributed by atoms with Crippen molar-refractivity contribution >= 4 is 5.82 Å². The van der Waals surface area contributed by atoms with Crippen LogP contribution in [0.2, 0.25) is 0 Å². The average Bonchev–Trinajstić information content (AvgIpc) is 3.20. The third-order valence-electron chi connectivity index (χ3n) is 6.94. The molecule has 0 radical (unpaired) electrons. The molecule has 3 aliphatic carbocycles. The van der Waals surface area contributed by atoms with Crippen LogP contribution in [0.25, 0.3) is 5.69 Å². The number of nitrogens with zero attached hydrogens (tertiary/aromatic N) is 5. The molecule has 2 aromatic heterocycles. The molecule has 0 atom stereocenters. The molecule has 7 rings (SSSR count). The van der Waals surface area contributed by atoms with Gasteiger partial charge in [-0.3, -0.25) is 4.57 Å². The van der Waals surface area contributed by atoms with Crippen molar-refractivity contribution in [1.82, 2.24) is 19.3 Å². The number of hydrogen-bond acceptors (Lipinski definition) is 6. The molecule has 11 heteroatoms. The number of aromatic nitrogens is 4. The van der Waals surface area contributed by atoms with Crippen molar-refractivity contribution in [2.45, 2.75) is 31.3 Å². The molecule has 0 amide bonds. The summed E-state index contributed by atoms with van der Waals surface area (Å²) >= 11 is 0. The van der Waals surface area contributed by atoms with Crippen LogP contribution in [-0.2, 0) is 6.54 Å². The van der Waals surface area contributed by atoms with Crippen LogP contribution in [-0.4, -0.2) is 24.9 Å². The molecular formula is C26H19F3N6O2. The Balaban J connectivity index is 1.17. The molecule has 2 bridgehead atoms. The van der Waals surface area contributed by atoms with Gasteiger partial charge in [-0.1, -0.05) is 6.07 Å². The van der Waals surface area contributed by atoms with Crippen LogP contribution in [0.15, 0.2) is 65.8 Å². The highest BCUT2D eigenvalue weighted by atomic mass is 19.1. The van der Waals surface area contributed by atoms with Gasteiger partial charge in [0.05, 0.1) is 23.7 Å². The van der Waals surface area contributed by atoms with Crippen LogP contribution >= 0.6 is 0 Å². The summed E-state index contributed by atoms with van der Waals surface area (Å²) in [7, 11) is 0. The number of ether oxygens (including phenoxy) is 1. The maximum Gasteiger partial charge on any atom is 0.350 e. The first-order chi connectivity index (χ1) is 17.8. The molecule has 4 aromatic rings. The highest BCUT2D eigenvalue weighted by Crippen LogP contribution is 2.68. The molecule has 186 valence electrons. The summed E-state index contributed by atoms with van der Waals surface area (Å²) in [4.78, 5) is 16.8. The molecule has 37 heavy (non-hydrogen) atoms. The van der Waals surface area contributed by atoms with Crippen molar-refractivity contribution in [3.8, 4) is 23.3 Å². The molecular weight excluding hydrogens is 485 g/mol. The van der Waals surface area contributed by atoms with Gasteiger partial charge < -0.3 is 10.1 Å². The zero-order valence-corrected chi connectivity index (χ0v) is 19.3. The lowest BCUT2D eigenvalue weighted by molar-refractivity contribution is -0.0664. The highest BCUT2D eigenvalue weighted by Gasteiger charge is 2.69. The van der Waals surface area contributed by atoms with E-state index >= 15 is 4.39 Å². The number of nitrogens with one attached hydrogen (secondary N) is 1. The minimum absolute atomic E-state index is 0.0276. The number of halogens is 3. The fourth-order valence-corrected chi connectivity index (χ4v) is 5.14. The number of benzene rings is 2. The predicted octanol–water partition coefficient (Wildman–Crippen LogP) is 4.55. The Bertz CT molecular complexity index is 1580. The number of anilines is 1. The Morgan fingerprint density at radius 1 is 1.05 bits per heavy atom. The van der Waals surface area contributed by atoms with Gasteiger partial charge in [0.2, 0.25) is 5.82 Å². The van der Waals surface area contributed by atoms with E-state index in [1.807, 2.05) is 0 Å². The Kier molecular flexibility index (Phi) is 5.08. The molecule has 0 aliphatic heterocycles. The van der Waals surface area contributed by atoms with Crippen LogP contribution < -0.4 is 15.7 Å². The molecule has 0 unspecified atom stereocenters. The van der Waals surface area contributed by atoms with Gasteiger partial charge in [-0.2, -0.15) is 19.4 Å². The van der Waals surface area contributed by atoms with Crippen molar-refractivity contribution in [3.05, 3.63) is 94.6 Å². The van der Waals surface area contributed by atoms with Gasteiger partial charge in [-0.25, -0.2) is 18.6 Å². The lowest BCUT2D eigenvalue weighted by atomic mass is 9.40. The van der Waals surface area contributed by atoms with Crippen LogP contribution in [0, 0.1) is 34.2 Å². The number of rotatable bonds is 7. The van der Waals surface area contributed by atoms with Gasteiger partial charge in [0.25, 0.3) is 0 Å². The van der Waals surface area contributed by atoms with Crippen LogP contribution in [0.1, 0.15) is 24.8 Å². The molecule has 2 aromatic carbocycles. The minimum atomic E-state index is -0.752. The van der Waals surface area contributed by atoms with Crippen molar-refractivity contribution in [3.63, 3.8) is 0 Å². The van der Waals surface area contributed by atoms with Gasteiger partial charge in [0, 0.05) is 23.4 Å². The van der Waals surface area contributed by atoms with E-state index in [2.05, 4.69) is 21.5 Å². The second kappa shape index (κ2) is 8.23. The maximum atomic E-state index is 15.1. The van der Waals surface area contributed by atoms with Crippen molar-refractivity contribution in [1.29, 1.82) is 5.26 Å². The van der Waals surface area contributed by atoms with Crippen LogP contribution in [0.3, 0.4) is 0 Å². The van der Waals surface area contributed by atoms with E-state index < -0.39 is 23.1 Å². The summed E-state index contributed by atoms with van der Waals surface area (Å²) < 4.78 is 50.9. The number of pyridine rings is 1. The Hall–Kier alpha value is -4.59. The molecule has 8 nitrogen and oxygen atoms in total. The lowest BCUT2D eigenvalue weighted by Crippen LogP contribution is -2.70. The second-order valence-electron chi connectivity index (χ2n) is 9.55. The van der Waals surface area contributed by atoms with E-state index in [-0.39, 0.29) is 34.6 Å². The van der Waals surface area contributed by atoms with Crippen molar-refractivity contribution in [2.24, 2.45) is 5.41 Å². The van der Waals surface area contributed by atoms with E-state index in [0.717, 1.165) is 21.4 Å². The van der Waals surface area contributed by atoms with Crippen molar-refractivity contribution < 1.29 is 17.9 Å². The van der Waals surface area contributed by atoms with Gasteiger partial charge in [-0.05, 0) is 55.7 Å². The largest absolute Gasteiger partial charge is 0.454 e. The number of hydrogen-bond donors (Lipinski definition) is 1. The summed E-state index contributed by atoms with van der Waals surface area (Å²) in [6.07, 6.45) is 4.66. The molecule has 0 spiro atoms. The first-order valence-electron chi connectivity index (χ1n) is 11.5. The maximum absolute atomic E-state index is 15.1. The fourth-order valence-electron chi connectivity index (χ4n) is 5.14.